The van der Waals surface area contributed by atoms with Gasteiger partial charge in [-0.25, -0.2) is 0 Å². The van der Waals surface area contributed by atoms with E-state index in [4.69, 9.17) is 5.73 Å². The molecule has 0 aliphatic carbocycles. The molecule has 0 radical (unpaired) electrons. The molecule has 82 valence electrons. The summed E-state index contributed by atoms with van der Waals surface area (Å²) in [7, 11) is 3.47. The lowest BCUT2D eigenvalue weighted by atomic mass is 10.4. The maximum atomic E-state index is 11.1. The Bertz CT molecular complexity index is 289. The van der Waals surface area contributed by atoms with Crippen LogP contribution >= 0.6 is 24.8 Å². The van der Waals surface area contributed by atoms with Crippen molar-refractivity contribution in [1.82, 2.24) is 9.78 Å². The topological polar surface area (TPSA) is 64.2 Å². The number of carbonyl (C=O) groups excluding carboxylic acids is 1. The van der Waals surface area contributed by atoms with E-state index in [0.717, 1.165) is 5.69 Å². The number of nitrogens with two attached hydrogens (primary N) is 1. The fraction of sp³-hybridized carbons (Fsp3) is 0.429. The lowest BCUT2D eigenvalue weighted by Gasteiger charge is -2.12. The van der Waals surface area contributed by atoms with Crippen molar-refractivity contribution >= 4 is 36.4 Å². The van der Waals surface area contributed by atoms with Crippen molar-refractivity contribution in [2.45, 2.75) is 0 Å². The van der Waals surface area contributed by atoms with Crippen LogP contribution < -0.4 is 10.6 Å². The largest absolute Gasteiger partial charge is 0.322 e. The first-order valence-corrected chi connectivity index (χ1v) is 3.60. The van der Waals surface area contributed by atoms with Gasteiger partial charge >= 0.3 is 0 Å². The van der Waals surface area contributed by atoms with Gasteiger partial charge < -0.3 is 10.6 Å². The van der Waals surface area contributed by atoms with E-state index < -0.39 is 0 Å². The number of halogens is 2. The molecule has 0 aliphatic heterocycles. The third kappa shape index (κ3) is 3.53. The second kappa shape index (κ2) is 6.64. The molecule has 2 N–H and O–H groups in total. The molecular weight excluding hydrogens is 227 g/mol. The molecule has 7 heteroatoms. The lowest BCUT2D eigenvalue weighted by molar-refractivity contribution is -0.117. The number of likely N-dealkylation sites (N-methyl/N-ethyl adjacent to an activating group) is 1. The Kier molecular flexibility index (Phi) is 7.44. The summed E-state index contributed by atoms with van der Waals surface area (Å²) in [5.41, 5.74) is 5.96. The first-order chi connectivity index (χ1) is 5.65. The fourth-order valence-electron chi connectivity index (χ4n) is 0.862. The van der Waals surface area contributed by atoms with E-state index in [1.54, 1.807) is 31.2 Å². The molecule has 1 heterocycles. The van der Waals surface area contributed by atoms with E-state index in [-0.39, 0.29) is 37.3 Å². The van der Waals surface area contributed by atoms with E-state index in [2.05, 4.69) is 5.10 Å². The van der Waals surface area contributed by atoms with Crippen LogP contribution in [-0.2, 0) is 11.8 Å². The molecule has 0 aliphatic rings. The summed E-state index contributed by atoms with van der Waals surface area (Å²) in [6.07, 6.45) is 3.38. The van der Waals surface area contributed by atoms with Crippen molar-refractivity contribution in [3.05, 3.63) is 12.4 Å². The van der Waals surface area contributed by atoms with E-state index >= 15 is 0 Å². The van der Waals surface area contributed by atoms with Crippen molar-refractivity contribution in [2.75, 3.05) is 18.5 Å². The van der Waals surface area contributed by atoms with Gasteiger partial charge in [0.2, 0.25) is 5.91 Å². The molecule has 0 spiro atoms. The average molecular weight is 241 g/mol. The molecule has 0 saturated carbocycles. The summed E-state index contributed by atoms with van der Waals surface area (Å²) in [5.74, 6) is -0.122. The molecule has 1 rings (SSSR count). The van der Waals surface area contributed by atoms with Gasteiger partial charge in [-0.3, -0.25) is 9.48 Å². The van der Waals surface area contributed by atoms with Crippen LogP contribution in [0, 0.1) is 0 Å². The van der Waals surface area contributed by atoms with Crippen LogP contribution in [0.5, 0.6) is 0 Å². The number of aryl methyl sites for hydroxylation is 1. The molecule has 0 unspecified atom stereocenters. The Balaban J connectivity index is 0. The Labute approximate surface area is 95.1 Å². The number of rotatable bonds is 2. The highest BCUT2D eigenvalue weighted by Crippen LogP contribution is 2.08. The van der Waals surface area contributed by atoms with Crippen LogP contribution in [-0.4, -0.2) is 29.3 Å². The number of nitrogens with zero attached hydrogens (tertiary/aromatic N) is 3. The van der Waals surface area contributed by atoms with Gasteiger partial charge in [-0.1, -0.05) is 0 Å². The molecule has 0 bridgehead atoms. The molecule has 0 fully saturated rings. The summed E-state index contributed by atoms with van der Waals surface area (Å²) in [5, 5.41) is 3.94. The van der Waals surface area contributed by atoms with Gasteiger partial charge in [-0.2, -0.15) is 5.10 Å². The number of aromatic nitrogens is 2. The highest BCUT2D eigenvalue weighted by atomic mass is 35.5. The van der Waals surface area contributed by atoms with Crippen LogP contribution in [0.3, 0.4) is 0 Å². The number of anilines is 1. The van der Waals surface area contributed by atoms with Crippen LogP contribution in [0.25, 0.3) is 0 Å². The minimum Gasteiger partial charge on any atom is -0.322 e. The second-order valence-electron chi connectivity index (χ2n) is 2.53. The van der Waals surface area contributed by atoms with Crippen molar-refractivity contribution in [2.24, 2.45) is 12.8 Å². The molecule has 0 aromatic carbocycles. The molecular formula is C7H14Cl2N4O. The predicted molar refractivity (Wildman–Crippen MR) is 60.2 cm³/mol. The average Bonchev–Trinajstić information content (AvgIpc) is 2.49. The smallest absolute Gasteiger partial charge is 0.240 e. The lowest BCUT2D eigenvalue weighted by Crippen LogP contribution is -2.32. The number of hydrogen-bond acceptors (Lipinski definition) is 3. The van der Waals surface area contributed by atoms with Crippen LogP contribution in [0.15, 0.2) is 12.4 Å². The number of carbonyl (C=O) groups is 1. The van der Waals surface area contributed by atoms with Gasteiger partial charge in [0.15, 0.2) is 0 Å². The van der Waals surface area contributed by atoms with Gasteiger partial charge in [-0.15, -0.1) is 24.8 Å². The van der Waals surface area contributed by atoms with Crippen molar-refractivity contribution < 1.29 is 4.79 Å². The minimum absolute atomic E-state index is 0. The van der Waals surface area contributed by atoms with Crippen LogP contribution in [0.2, 0.25) is 0 Å². The Morgan fingerprint density at radius 1 is 1.64 bits per heavy atom. The number of hydrogen-bond donors (Lipinski definition) is 1. The maximum absolute atomic E-state index is 11.1. The Morgan fingerprint density at radius 3 is 2.57 bits per heavy atom. The first-order valence-electron chi connectivity index (χ1n) is 3.60. The molecule has 1 aromatic heterocycles. The summed E-state index contributed by atoms with van der Waals surface area (Å²) in [4.78, 5) is 12.6. The van der Waals surface area contributed by atoms with Crippen molar-refractivity contribution in [3.63, 3.8) is 0 Å². The number of amides is 1. The fourth-order valence-corrected chi connectivity index (χ4v) is 0.862. The van der Waals surface area contributed by atoms with E-state index in [1.165, 1.54) is 4.90 Å². The highest BCUT2D eigenvalue weighted by Gasteiger charge is 2.09. The molecule has 14 heavy (non-hydrogen) atoms. The normalized spacial score (nSPS) is 8.50. The predicted octanol–water partition coefficient (Wildman–Crippen LogP) is 0.185. The Hall–Kier alpha value is -0.780. The summed E-state index contributed by atoms with van der Waals surface area (Å²) >= 11 is 0. The van der Waals surface area contributed by atoms with E-state index in [1.807, 2.05) is 0 Å². The SMILES string of the molecule is CN(C(=O)CN)c1cnn(C)c1.Cl.Cl. The third-order valence-corrected chi connectivity index (χ3v) is 1.63. The van der Waals surface area contributed by atoms with Gasteiger partial charge in [-0.05, 0) is 0 Å². The van der Waals surface area contributed by atoms with Gasteiger partial charge in [0.25, 0.3) is 0 Å². The minimum atomic E-state index is -0.122. The Morgan fingerprint density at radius 2 is 2.21 bits per heavy atom. The zero-order valence-corrected chi connectivity index (χ0v) is 9.64. The summed E-state index contributed by atoms with van der Waals surface area (Å²) < 4.78 is 1.63. The quantitative estimate of drug-likeness (QED) is 0.803. The van der Waals surface area contributed by atoms with Crippen molar-refractivity contribution in [3.8, 4) is 0 Å². The summed E-state index contributed by atoms with van der Waals surface area (Å²) in [6, 6.07) is 0. The standard InChI is InChI=1S/C7H12N4O.2ClH/c1-10-5-6(4-9-10)11(2)7(12)3-8;;/h4-5H,3,8H2,1-2H3;2*1H. The van der Waals surface area contributed by atoms with Gasteiger partial charge in [0.05, 0.1) is 18.4 Å². The van der Waals surface area contributed by atoms with E-state index in [0.29, 0.717) is 0 Å². The van der Waals surface area contributed by atoms with Crippen LogP contribution in [0.4, 0.5) is 5.69 Å². The van der Waals surface area contributed by atoms with E-state index in [9.17, 15) is 4.79 Å². The molecule has 5 nitrogen and oxygen atoms in total. The maximum Gasteiger partial charge on any atom is 0.240 e. The molecule has 0 atom stereocenters. The van der Waals surface area contributed by atoms with Gasteiger partial charge in [0, 0.05) is 20.3 Å². The zero-order valence-electron chi connectivity index (χ0n) is 8.01. The summed E-state index contributed by atoms with van der Waals surface area (Å²) in [6.45, 7) is 0.0192. The third-order valence-electron chi connectivity index (χ3n) is 1.63. The molecule has 1 amide bonds. The highest BCUT2D eigenvalue weighted by molar-refractivity contribution is 5.93. The van der Waals surface area contributed by atoms with Gasteiger partial charge in [0.1, 0.15) is 0 Å². The second-order valence-corrected chi connectivity index (χ2v) is 2.53. The zero-order chi connectivity index (χ0) is 9.14. The van der Waals surface area contributed by atoms with Crippen molar-refractivity contribution in [1.29, 1.82) is 0 Å². The molecule has 0 saturated heterocycles. The monoisotopic (exact) mass is 240 g/mol. The van der Waals surface area contributed by atoms with Crippen LogP contribution in [0.1, 0.15) is 0 Å². The first kappa shape index (κ1) is 15.7. The molecule has 1 aromatic rings.